The summed E-state index contributed by atoms with van der Waals surface area (Å²) in [4.78, 5) is 4.45. The minimum Gasteiger partial charge on any atom is -0.387 e. The molecule has 0 amide bonds. The van der Waals surface area contributed by atoms with Crippen molar-refractivity contribution in [1.29, 1.82) is 0 Å². The van der Waals surface area contributed by atoms with Gasteiger partial charge >= 0.3 is 0 Å². The second-order valence-electron chi connectivity index (χ2n) is 4.78. The number of aromatic nitrogens is 1. The molecule has 104 valence electrons. The fraction of sp³-hybridized carbons (Fsp3) is 0.267. The predicted octanol–water partition coefficient (Wildman–Crippen LogP) is 3.74. The Morgan fingerprint density at radius 1 is 1.30 bits per heavy atom. The van der Waals surface area contributed by atoms with Crippen LogP contribution in [0.1, 0.15) is 30.2 Å². The van der Waals surface area contributed by atoms with Crippen LogP contribution in [0.15, 0.2) is 40.5 Å². The van der Waals surface area contributed by atoms with Gasteiger partial charge in [-0.3, -0.25) is 4.98 Å². The van der Waals surface area contributed by atoms with Gasteiger partial charge in [-0.2, -0.15) is 11.3 Å². The Bertz CT molecular complexity index is 678. The summed E-state index contributed by atoms with van der Waals surface area (Å²) in [6.45, 7) is 2.64. The first-order chi connectivity index (χ1) is 9.74. The Hall–Kier alpha value is -1.27. The van der Waals surface area contributed by atoms with Crippen LogP contribution >= 0.6 is 22.7 Å². The van der Waals surface area contributed by atoms with Gasteiger partial charge in [0.25, 0.3) is 0 Å². The summed E-state index contributed by atoms with van der Waals surface area (Å²) < 4.78 is 1.20. The first kappa shape index (κ1) is 13.7. The lowest BCUT2D eigenvalue weighted by molar-refractivity contribution is 0.171. The molecule has 20 heavy (non-hydrogen) atoms. The molecule has 0 bridgehead atoms. The molecule has 2 N–H and O–H groups in total. The van der Waals surface area contributed by atoms with E-state index >= 15 is 0 Å². The Balaban J connectivity index is 1.65. The Labute approximate surface area is 125 Å². The van der Waals surface area contributed by atoms with Crippen LogP contribution in [-0.4, -0.2) is 16.6 Å². The van der Waals surface area contributed by atoms with Gasteiger partial charge < -0.3 is 10.4 Å². The van der Waals surface area contributed by atoms with Crippen molar-refractivity contribution in [3.8, 4) is 0 Å². The molecule has 0 fully saturated rings. The summed E-state index contributed by atoms with van der Waals surface area (Å²) in [6, 6.07) is 6.33. The molecule has 0 aliphatic rings. The van der Waals surface area contributed by atoms with Gasteiger partial charge in [0, 0.05) is 18.8 Å². The van der Waals surface area contributed by atoms with Crippen LogP contribution in [0, 0.1) is 0 Å². The van der Waals surface area contributed by atoms with E-state index in [9.17, 15) is 5.11 Å². The van der Waals surface area contributed by atoms with E-state index in [2.05, 4.69) is 28.7 Å². The Morgan fingerprint density at radius 3 is 3.00 bits per heavy atom. The third kappa shape index (κ3) is 2.91. The lowest BCUT2D eigenvalue weighted by atomic mass is 10.1. The van der Waals surface area contributed by atoms with E-state index in [1.807, 2.05) is 29.1 Å². The van der Waals surface area contributed by atoms with Gasteiger partial charge in [0.15, 0.2) is 0 Å². The average Bonchev–Trinajstić information content (AvgIpc) is 3.13. The average molecular weight is 304 g/mol. The molecule has 0 saturated carbocycles. The molecule has 0 spiro atoms. The molecule has 3 rings (SSSR count). The zero-order valence-corrected chi connectivity index (χ0v) is 12.7. The van der Waals surface area contributed by atoms with Crippen molar-refractivity contribution < 1.29 is 5.11 Å². The van der Waals surface area contributed by atoms with Crippen LogP contribution in [-0.2, 0) is 0 Å². The van der Waals surface area contributed by atoms with E-state index in [1.165, 1.54) is 4.70 Å². The summed E-state index contributed by atoms with van der Waals surface area (Å²) in [5.74, 6) is 0. The minimum atomic E-state index is -0.456. The third-order valence-electron chi connectivity index (χ3n) is 3.37. The van der Waals surface area contributed by atoms with Gasteiger partial charge in [0.1, 0.15) is 0 Å². The van der Waals surface area contributed by atoms with Crippen LogP contribution in [0.3, 0.4) is 0 Å². The van der Waals surface area contributed by atoms with E-state index in [0.717, 1.165) is 16.6 Å². The molecule has 3 aromatic rings. The fourth-order valence-corrected chi connectivity index (χ4v) is 3.58. The molecule has 0 aromatic carbocycles. The summed E-state index contributed by atoms with van der Waals surface area (Å²) in [5.41, 5.74) is 3.17. The molecule has 3 heterocycles. The highest BCUT2D eigenvalue weighted by atomic mass is 32.1. The van der Waals surface area contributed by atoms with E-state index in [4.69, 9.17) is 0 Å². The van der Waals surface area contributed by atoms with E-state index < -0.39 is 6.10 Å². The van der Waals surface area contributed by atoms with Gasteiger partial charge in [0.05, 0.1) is 16.3 Å². The van der Waals surface area contributed by atoms with Gasteiger partial charge in [-0.25, -0.2) is 0 Å². The topological polar surface area (TPSA) is 45.1 Å². The summed E-state index contributed by atoms with van der Waals surface area (Å²) in [6.07, 6.45) is 1.45. The van der Waals surface area contributed by atoms with Gasteiger partial charge in [-0.15, -0.1) is 11.3 Å². The number of pyridine rings is 1. The van der Waals surface area contributed by atoms with Crippen molar-refractivity contribution in [1.82, 2.24) is 10.3 Å². The number of thiophene rings is 2. The molecule has 2 atom stereocenters. The lowest BCUT2D eigenvalue weighted by Crippen LogP contribution is -2.24. The summed E-state index contributed by atoms with van der Waals surface area (Å²) >= 11 is 3.31. The van der Waals surface area contributed by atoms with Crippen molar-refractivity contribution in [2.24, 2.45) is 0 Å². The Kier molecular flexibility index (Phi) is 4.12. The highest BCUT2D eigenvalue weighted by molar-refractivity contribution is 7.17. The molecule has 3 nitrogen and oxygen atoms in total. The van der Waals surface area contributed by atoms with Crippen LogP contribution < -0.4 is 5.32 Å². The third-order valence-corrected chi connectivity index (χ3v) is 4.92. The maximum atomic E-state index is 10.1. The maximum Gasteiger partial charge on any atom is 0.0922 e. The number of aliphatic hydroxyl groups is 1. The number of hydrogen-bond acceptors (Lipinski definition) is 5. The second-order valence-corrected chi connectivity index (χ2v) is 6.50. The summed E-state index contributed by atoms with van der Waals surface area (Å²) in [5, 5.41) is 19.5. The van der Waals surface area contributed by atoms with Crippen molar-refractivity contribution in [3.63, 3.8) is 0 Å². The van der Waals surface area contributed by atoms with Crippen LogP contribution in [0.25, 0.3) is 10.2 Å². The number of nitrogens with zero attached hydrogens (tertiary/aromatic N) is 1. The molecule has 0 aliphatic carbocycles. The maximum absolute atomic E-state index is 10.1. The second kappa shape index (κ2) is 6.01. The van der Waals surface area contributed by atoms with Crippen molar-refractivity contribution >= 4 is 32.9 Å². The highest BCUT2D eigenvalue weighted by Crippen LogP contribution is 2.23. The van der Waals surface area contributed by atoms with Gasteiger partial charge in [-0.1, -0.05) is 0 Å². The van der Waals surface area contributed by atoms with Crippen molar-refractivity contribution in [3.05, 3.63) is 51.7 Å². The number of nitrogens with one attached hydrogen (secondary N) is 1. The molecule has 3 aromatic heterocycles. The first-order valence-electron chi connectivity index (χ1n) is 6.51. The molecule has 0 aliphatic heterocycles. The standard InChI is InChI=1S/C15H16N2OS2/c1-10(16-8-14(18)11-2-4-19-9-11)12-6-15-13(17-7-12)3-5-20-15/h2-7,9-10,14,16,18H,8H2,1H3. The van der Waals surface area contributed by atoms with E-state index in [1.54, 1.807) is 22.7 Å². The minimum absolute atomic E-state index is 0.169. The smallest absolute Gasteiger partial charge is 0.0922 e. The molecule has 0 radical (unpaired) electrons. The van der Waals surface area contributed by atoms with Gasteiger partial charge in [-0.05, 0) is 52.4 Å². The molecular weight excluding hydrogens is 288 g/mol. The van der Waals surface area contributed by atoms with E-state index in [0.29, 0.717) is 6.54 Å². The van der Waals surface area contributed by atoms with Crippen LogP contribution in [0.4, 0.5) is 0 Å². The van der Waals surface area contributed by atoms with Crippen molar-refractivity contribution in [2.45, 2.75) is 19.1 Å². The zero-order valence-electron chi connectivity index (χ0n) is 11.1. The molecule has 2 unspecified atom stereocenters. The SMILES string of the molecule is CC(NCC(O)c1ccsc1)c1cnc2ccsc2c1. The van der Waals surface area contributed by atoms with Crippen molar-refractivity contribution in [2.75, 3.05) is 6.54 Å². The number of fused-ring (bicyclic) bond motifs is 1. The summed E-state index contributed by atoms with van der Waals surface area (Å²) in [7, 11) is 0. The highest BCUT2D eigenvalue weighted by Gasteiger charge is 2.11. The molecule has 0 saturated heterocycles. The van der Waals surface area contributed by atoms with Gasteiger partial charge in [0.2, 0.25) is 0 Å². The Morgan fingerprint density at radius 2 is 2.20 bits per heavy atom. The predicted molar refractivity (Wildman–Crippen MR) is 85.3 cm³/mol. The monoisotopic (exact) mass is 304 g/mol. The number of aliphatic hydroxyl groups excluding tert-OH is 1. The number of rotatable bonds is 5. The van der Waals surface area contributed by atoms with E-state index in [-0.39, 0.29) is 6.04 Å². The lowest BCUT2D eigenvalue weighted by Gasteiger charge is -2.17. The zero-order chi connectivity index (χ0) is 13.9. The molecule has 5 heteroatoms. The number of hydrogen-bond donors (Lipinski definition) is 2. The molecular formula is C15H16N2OS2. The quantitative estimate of drug-likeness (QED) is 0.754. The fourth-order valence-electron chi connectivity index (χ4n) is 2.09. The first-order valence-corrected chi connectivity index (χ1v) is 8.33. The largest absolute Gasteiger partial charge is 0.387 e. The normalized spacial score (nSPS) is 14.5. The van der Waals surface area contributed by atoms with Crippen LogP contribution in [0.5, 0.6) is 0 Å². The van der Waals surface area contributed by atoms with Crippen LogP contribution in [0.2, 0.25) is 0 Å².